The van der Waals surface area contributed by atoms with Gasteiger partial charge in [0.05, 0.1) is 18.3 Å². The molecule has 276 valence electrons. The smallest absolute Gasteiger partial charge is 0.306 e. The van der Waals surface area contributed by atoms with Crippen molar-refractivity contribution in [2.45, 2.75) is 205 Å². The van der Waals surface area contributed by atoms with Gasteiger partial charge in [-0.3, -0.25) is 4.79 Å². The summed E-state index contributed by atoms with van der Waals surface area (Å²) >= 11 is 0. The van der Waals surface area contributed by atoms with Crippen LogP contribution in [-0.4, -0.2) is 62.6 Å². The minimum absolute atomic E-state index is 0.0615. The molecular weight excluding hydrogens is 618 g/mol. The molecule has 0 amide bonds. The summed E-state index contributed by atoms with van der Waals surface area (Å²) in [5.74, 6) is -3.19. The Bertz CT molecular complexity index is 899. The Morgan fingerprint density at radius 3 is 2.38 bits per heavy atom. The SMILES string of the molecule is CCCCCCC(F)(F)C(CC[C@H]1C(OC2CCCCO2)CC(O)C1CC=CCCCCCC(=O)OC(C)C)O[Si](C)(C)C(C)(C)C. The van der Waals surface area contributed by atoms with E-state index >= 15 is 8.78 Å². The molecule has 0 aromatic rings. The monoisotopic (exact) mass is 688 g/mol. The number of halogens is 2. The maximum atomic E-state index is 16.0. The first-order chi connectivity index (χ1) is 22.1. The fourth-order valence-electron chi connectivity index (χ4n) is 6.63. The molecule has 1 aliphatic heterocycles. The first-order valence-corrected chi connectivity index (χ1v) is 21.8. The summed E-state index contributed by atoms with van der Waals surface area (Å²) < 4.78 is 56.1. The highest BCUT2D eigenvalue weighted by Gasteiger charge is 2.49. The van der Waals surface area contributed by atoms with Crippen molar-refractivity contribution in [1.29, 1.82) is 0 Å². The molecule has 6 atom stereocenters. The number of esters is 1. The van der Waals surface area contributed by atoms with Crippen molar-refractivity contribution in [3.05, 3.63) is 12.2 Å². The van der Waals surface area contributed by atoms with Crippen molar-refractivity contribution in [3.63, 3.8) is 0 Å². The molecule has 1 saturated carbocycles. The highest BCUT2D eigenvalue weighted by Crippen LogP contribution is 2.45. The molecule has 1 N–H and O–H groups in total. The average Bonchev–Trinajstić information content (AvgIpc) is 3.27. The second-order valence-corrected chi connectivity index (χ2v) is 20.7. The zero-order valence-corrected chi connectivity index (χ0v) is 32.2. The molecule has 0 bridgehead atoms. The van der Waals surface area contributed by atoms with Crippen LogP contribution in [-0.2, 0) is 23.4 Å². The predicted octanol–water partition coefficient (Wildman–Crippen LogP) is 10.5. The van der Waals surface area contributed by atoms with Crippen LogP contribution in [0.3, 0.4) is 0 Å². The average molecular weight is 689 g/mol. The number of alkyl halides is 2. The lowest BCUT2D eigenvalue weighted by molar-refractivity contribution is -0.197. The number of hydrogen-bond acceptors (Lipinski definition) is 6. The van der Waals surface area contributed by atoms with Crippen LogP contribution >= 0.6 is 0 Å². The number of hydrogen-bond donors (Lipinski definition) is 1. The third kappa shape index (κ3) is 15.3. The van der Waals surface area contributed by atoms with E-state index in [1.54, 1.807) is 0 Å². The number of carbonyl (C=O) groups excluding carboxylic acids is 1. The van der Waals surface area contributed by atoms with Gasteiger partial charge in [0.1, 0.15) is 6.10 Å². The first-order valence-electron chi connectivity index (χ1n) is 18.9. The molecule has 6 nitrogen and oxygen atoms in total. The summed E-state index contributed by atoms with van der Waals surface area (Å²) in [6.07, 6.45) is 14.0. The Hall–Kier alpha value is -0.873. The van der Waals surface area contributed by atoms with E-state index in [-0.39, 0.29) is 54.2 Å². The van der Waals surface area contributed by atoms with Crippen LogP contribution < -0.4 is 0 Å². The van der Waals surface area contributed by atoms with Crippen LogP contribution in [0.25, 0.3) is 0 Å². The van der Waals surface area contributed by atoms with E-state index in [2.05, 4.69) is 52.9 Å². The van der Waals surface area contributed by atoms with E-state index in [4.69, 9.17) is 18.6 Å². The van der Waals surface area contributed by atoms with Gasteiger partial charge in [0, 0.05) is 25.9 Å². The molecule has 0 aromatic carbocycles. The third-order valence-corrected chi connectivity index (χ3v) is 15.0. The topological polar surface area (TPSA) is 74.2 Å². The van der Waals surface area contributed by atoms with Crippen molar-refractivity contribution >= 4 is 14.3 Å². The van der Waals surface area contributed by atoms with Crippen molar-refractivity contribution in [1.82, 2.24) is 0 Å². The Kier molecular flexibility index (Phi) is 18.6. The number of allylic oxidation sites excluding steroid dienone is 2. The number of rotatable bonds is 22. The van der Waals surface area contributed by atoms with E-state index < -0.39 is 26.4 Å². The number of unbranched alkanes of at least 4 members (excludes halogenated alkanes) is 6. The number of ether oxygens (including phenoxy) is 3. The molecule has 0 radical (unpaired) electrons. The quantitative estimate of drug-likeness (QED) is 0.0528. The normalized spacial score (nSPS) is 25.1. The Morgan fingerprint density at radius 1 is 1.02 bits per heavy atom. The lowest BCUT2D eigenvalue weighted by atomic mass is 9.85. The van der Waals surface area contributed by atoms with E-state index in [1.165, 1.54) is 0 Å². The van der Waals surface area contributed by atoms with E-state index in [0.717, 1.165) is 64.2 Å². The molecule has 1 saturated heterocycles. The minimum Gasteiger partial charge on any atom is -0.463 e. The summed E-state index contributed by atoms with van der Waals surface area (Å²) in [5.41, 5.74) is 0. The molecule has 5 unspecified atom stereocenters. The zero-order chi connectivity index (χ0) is 35.1. The zero-order valence-electron chi connectivity index (χ0n) is 31.2. The summed E-state index contributed by atoms with van der Waals surface area (Å²) in [5, 5.41) is 11.1. The van der Waals surface area contributed by atoms with Crippen molar-refractivity contribution < 1.29 is 37.3 Å². The Labute approximate surface area is 287 Å². The largest absolute Gasteiger partial charge is 0.463 e. The molecule has 0 spiro atoms. The van der Waals surface area contributed by atoms with Gasteiger partial charge < -0.3 is 23.7 Å². The molecule has 1 heterocycles. The van der Waals surface area contributed by atoms with E-state index in [0.29, 0.717) is 38.7 Å². The second kappa shape index (κ2) is 20.7. The fraction of sp³-hybridized carbons (Fsp3) is 0.921. The number of carbonyl (C=O) groups is 1. The molecule has 9 heteroatoms. The molecule has 2 rings (SSSR count). The second-order valence-electron chi connectivity index (χ2n) is 16.0. The molecule has 1 aliphatic carbocycles. The van der Waals surface area contributed by atoms with Gasteiger partial charge in [-0.25, -0.2) is 8.78 Å². The van der Waals surface area contributed by atoms with Gasteiger partial charge in [-0.1, -0.05) is 65.5 Å². The maximum Gasteiger partial charge on any atom is 0.306 e. The summed E-state index contributed by atoms with van der Waals surface area (Å²) in [4.78, 5) is 11.8. The summed E-state index contributed by atoms with van der Waals surface area (Å²) in [7, 11) is -2.46. The Morgan fingerprint density at radius 2 is 1.74 bits per heavy atom. The molecule has 2 aliphatic rings. The van der Waals surface area contributed by atoms with Crippen molar-refractivity contribution in [2.24, 2.45) is 11.8 Å². The van der Waals surface area contributed by atoms with Crippen LogP contribution in [0.2, 0.25) is 18.1 Å². The van der Waals surface area contributed by atoms with Gasteiger partial charge in [0.15, 0.2) is 14.6 Å². The van der Waals surface area contributed by atoms with Gasteiger partial charge in [-0.2, -0.15) is 0 Å². The van der Waals surface area contributed by atoms with Gasteiger partial charge >= 0.3 is 5.97 Å². The molecular formula is C38H70F2O6Si. The van der Waals surface area contributed by atoms with Gasteiger partial charge in [-0.15, -0.1) is 0 Å². The summed E-state index contributed by atoms with van der Waals surface area (Å²) in [6, 6.07) is 0. The molecule has 47 heavy (non-hydrogen) atoms. The lowest BCUT2D eigenvalue weighted by Gasteiger charge is -2.42. The maximum absolute atomic E-state index is 16.0. The minimum atomic E-state index is -2.91. The fourth-order valence-corrected chi connectivity index (χ4v) is 7.99. The van der Waals surface area contributed by atoms with Gasteiger partial charge in [0.25, 0.3) is 5.92 Å². The van der Waals surface area contributed by atoms with Crippen LogP contribution in [0.5, 0.6) is 0 Å². The predicted molar refractivity (Wildman–Crippen MR) is 189 cm³/mol. The van der Waals surface area contributed by atoms with Crippen LogP contribution in [0.1, 0.15) is 151 Å². The lowest BCUT2D eigenvalue weighted by Crippen LogP contribution is -2.49. The highest BCUT2D eigenvalue weighted by atomic mass is 28.4. The third-order valence-electron chi connectivity index (χ3n) is 10.5. The molecule has 0 aromatic heterocycles. The van der Waals surface area contributed by atoms with Gasteiger partial charge in [0.2, 0.25) is 0 Å². The summed E-state index contributed by atoms with van der Waals surface area (Å²) in [6.45, 7) is 16.9. The number of aliphatic hydroxyl groups excluding tert-OH is 1. The van der Waals surface area contributed by atoms with Crippen LogP contribution in [0.4, 0.5) is 8.78 Å². The van der Waals surface area contributed by atoms with E-state index in [9.17, 15) is 9.90 Å². The molecule has 2 fully saturated rings. The van der Waals surface area contributed by atoms with Crippen molar-refractivity contribution in [2.75, 3.05) is 6.61 Å². The Balaban J connectivity index is 2.11. The van der Waals surface area contributed by atoms with Crippen LogP contribution in [0, 0.1) is 11.8 Å². The van der Waals surface area contributed by atoms with E-state index in [1.807, 2.05) is 13.8 Å². The van der Waals surface area contributed by atoms with Crippen molar-refractivity contribution in [3.8, 4) is 0 Å². The van der Waals surface area contributed by atoms with Crippen LogP contribution in [0.15, 0.2) is 12.2 Å². The highest BCUT2D eigenvalue weighted by molar-refractivity contribution is 6.74. The standard InChI is InChI=1S/C38H70F2O6Si/c1-9-10-11-19-26-38(39,40)34(46-47(7,8)37(4,5)6)25-24-31-30(32(41)28-33(31)45-36-23-18-20-27-43-36)21-16-14-12-13-15-17-22-35(42)44-29(2)3/h14,16,29-34,36,41H,9-13,15,17-28H2,1-8H3/t30?,31-,32?,33?,34?,36?/m1/s1. The van der Waals surface area contributed by atoms with Gasteiger partial charge in [-0.05, 0) is 108 Å². The first kappa shape index (κ1) is 42.3. The number of aliphatic hydroxyl groups is 1.